The molecule has 2 aromatic heterocycles. The summed E-state index contributed by atoms with van der Waals surface area (Å²) in [5.74, 6) is 3.13. The minimum absolute atomic E-state index is 0.369. The fraction of sp³-hybridized carbons (Fsp3) is 0.333. The number of anilines is 1. The first-order valence-electron chi connectivity index (χ1n) is 6.65. The third-order valence-corrected chi connectivity index (χ3v) is 3.82. The molecule has 3 rings (SSSR count). The summed E-state index contributed by atoms with van der Waals surface area (Å²) >= 11 is 0. The predicted molar refractivity (Wildman–Crippen MR) is 80.2 cm³/mol. The van der Waals surface area contributed by atoms with Crippen molar-refractivity contribution in [2.24, 2.45) is 0 Å². The first kappa shape index (κ1) is 12.7. The standard InChI is InChI=1S/C15H17N5/c1-3-6-19-7-5-12(9-19)20-8-11(4-2)13-14(16)17-10-18-15(13)20/h2-3,8,10,12H,1,5-7,9H2,(H2,16,17,18)/t12-/m0/s1. The van der Waals surface area contributed by atoms with Gasteiger partial charge in [0.05, 0.1) is 10.9 Å². The number of nitrogen functional groups attached to an aromatic ring is 1. The van der Waals surface area contributed by atoms with Crippen LogP contribution in [-0.2, 0) is 0 Å². The smallest absolute Gasteiger partial charge is 0.147 e. The van der Waals surface area contributed by atoms with Crippen molar-refractivity contribution < 1.29 is 0 Å². The van der Waals surface area contributed by atoms with Gasteiger partial charge in [0.15, 0.2) is 0 Å². The zero-order valence-corrected chi connectivity index (χ0v) is 11.3. The van der Waals surface area contributed by atoms with E-state index in [-0.39, 0.29) is 0 Å². The maximum atomic E-state index is 5.94. The van der Waals surface area contributed by atoms with E-state index in [0.29, 0.717) is 11.9 Å². The van der Waals surface area contributed by atoms with E-state index in [9.17, 15) is 0 Å². The Morgan fingerprint density at radius 1 is 1.55 bits per heavy atom. The molecule has 0 aromatic carbocycles. The SMILES string of the molecule is C#Cc1cn([C@H]2CCN(CC=C)C2)c2ncnc(N)c12. The molecule has 5 heteroatoms. The number of rotatable bonds is 3. The topological polar surface area (TPSA) is 60.0 Å². The second-order valence-corrected chi connectivity index (χ2v) is 5.04. The molecule has 3 heterocycles. The summed E-state index contributed by atoms with van der Waals surface area (Å²) in [7, 11) is 0. The zero-order valence-electron chi connectivity index (χ0n) is 11.3. The number of likely N-dealkylation sites (tertiary alicyclic amines) is 1. The van der Waals surface area contributed by atoms with E-state index in [0.717, 1.165) is 42.7 Å². The van der Waals surface area contributed by atoms with Crippen LogP contribution in [0.5, 0.6) is 0 Å². The van der Waals surface area contributed by atoms with Crippen LogP contribution in [0.2, 0.25) is 0 Å². The second-order valence-electron chi connectivity index (χ2n) is 5.04. The van der Waals surface area contributed by atoms with Crippen molar-refractivity contribution in [1.82, 2.24) is 19.4 Å². The van der Waals surface area contributed by atoms with Crippen LogP contribution in [0.1, 0.15) is 18.0 Å². The highest BCUT2D eigenvalue weighted by molar-refractivity contribution is 5.92. The van der Waals surface area contributed by atoms with E-state index in [4.69, 9.17) is 12.2 Å². The zero-order chi connectivity index (χ0) is 14.1. The molecule has 2 aromatic rings. The largest absolute Gasteiger partial charge is 0.383 e. The summed E-state index contributed by atoms with van der Waals surface area (Å²) in [6.07, 6.45) is 12.0. The fourth-order valence-electron chi connectivity index (χ4n) is 2.88. The molecule has 0 radical (unpaired) electrons. The highest BCUT2D eigenvalue weighted by Gasteiger charge is 2.25. The van der Waals surface area contributed by atoms with E-state index >= 15 is 0 Å². The average Bonchev–Trinajstić information content (AvgIpc) is 3.04. The molecule has 0 bridgehead atoms. The molecule has 0 saturated carbocycles. The van der Waals surface area contributed by atoms with Crippen molar-refractivity contribution in [1.29, 1.82) is 0 Å². The van der Waals surface area contributed by atoms with Crippen molar-refractivity contribution in [2.45, 2.75) is 12.5 Å². The number of hydrogen-bond donors (Lipinski definition) is 1. The van der Waals surface area contributed by atoms with E-state index in [1.807, 2.05) is 12.3 Å². The molecule has 0 amide bonds. The molecule has 2 N–H and O–H groups in total. The summed E-state index contributed by atoms with van der Waals surface area (Å²) in [5, 5.41) is 0.789. The van der Waals surface area contributed by atoms with Gasteiger partial charge in [-0.1, -0.05) is 12.0 Å². The van der Waals surface area contributed by atoms with Gasteiger partial charge in [-0.05, 0) is 6.42 Å². The number of nitrogens with zero attached hydrogens (tertiary/aromatic N) is 4. The lowest BCUT2D eigenvalue weighted by Gasteiger charge is -2.15. The number of fused-ring (bicyclic) bond motifs is 1. The quantitative estimate of drug-likeness (QED) is 0.675. The third-order valence-electron chi connectivity index (χ3n) is 3.82. The van der Waals surface area contributed by atoms with Gasteiger partial charge in [0, 0.05) is 31.9 Å². The number of nitrogens with two attached hydrogens (primary N) is 1. The lowest BCUT2D eigenvalue weighted by atomic mass is 10.2. The molecule has 1 saturated heterocycles. The first-order chi connectivity index (χ1) is 9.74. The molecule has 0 unspecified atom stereocenters. The minimum Gasteiger partial charge on any atom is -0.383 e. The van der Waals surface area contributed by atoms with Gasteiger partial charge in [-0.25, -0.2) is 9.97 Å². The van der Waals surface area contributed by atoms with E-state index < -0.39 is 0 Å². The lowest BCUT2D eigenvalue weighted by molar-refractivity contribution is 0.359. The Kier molecular flexibility index (Phi) is 3.17. The molecule has 102 valence electrons. The Labute approximate surface area is 118 Å². The summed E-state index contributed by atoms with van der Waals surface area (Å²) < 4.78 is 2.14. The van der Waals surface area contributed by atoms with Gasteiger partial charge < -0.3 is 10.3 Å². The van der Waals surface area contributed by atoms with Gasteiger partial charge in [-0.3, -0.25) is 4.90 Å². The number of terminal acetylenes is 1. The van der Waals surface area contributed by atoms with Crippen LogP contribution in [-0.4, -0.2) is 39.1 Å². The van der Waals surface area contributed by atoms with Gasteiger partial charge >= 0.3 is 0 Å². The molecular formula is C15H17N5. The van der Waals surface area contributed by atoms with Crippen LogP contribution in [0.3, 0.4) is 0 Å². The lowest BCUT2D eigenvalue weighted by Crippen LogP contribution is -2.21. The minimum atomic E-state index is 0.369. The van der Waals surface area contributed by atoms with Crippen molar-refractivity contribution in [2.75, 3.05) is 25.4 Å². The van der Waals surface area contributed by atoms with Crippen molar-refractivity contribution in [3.63, 3.8) is 0 Å². The maximum Gasteiger partial charge on any atom is 0.147 e. The van der Waals surface area contributed by atoms with Crippen LogP contribution in [0.25, 0.3) is 11.0 Å². The Morgan fingerprint density at radius 3 is 3.15 bits per heavy atom. The van der Waals surface area contributed by atoms with Crippen molar-refractivity contribution >= 4 is 16.9 Å². The van der Waals surface area contributed by atoms with Crippen LogP contribution >= 0.6 is 0 Å². The Hall–Kier alpha value is -2.32. The molecule has 20 heavy (non-hydrogen) atoms. The summed E-state index contributed by atoms with van der Waals surface area (Å²) in [4.78, 5) is 10.8. The van der Waals surface area contributed by atoms with Crippen molar-refractivity contribution in [3.05, 3.63) is 30.7 Å². The summed E-state index contributed by atoms with van der Waals surface area (Å²) in [6.45, 7) is 6.73. The average molecular weight is 267 g/mol. The molecule has 1 fully saturated rings. The first-order valence-corrected chi connectivity index (χ1v) is 6.65. The molecule has 1 aliphatic heterocycles. The van der Waals surface area contributed by atoms with Gasteiger partial charge in [-0.2, -0.15) is 0 Å². The number of hydrogen-bond acceptors (Lipinski definition) is 4. The summed E-state index contributed by atoms with van der Waals surface area (Å²) in [6, 6.07) is 0.369. The highest BCUT2D eigenvalue weighted by atomic mass is 15.2. The van der Waals surface area contributed by atoms with Crippen LogP contribution in [0.4, 0.5) is 5.82 Å². The predicted octanol–water partition coefficient (Wildman–Crippen LogP) is 1.43. The Balaban J connectivity index is 2.03. The molecule has 1 atom stereocenters. The highest BCUT2D eigenvalue weighted by Crippen LogP contribution is 2.30. The van der Waals surface area contributed by atoms with Crippen molar-refractivity contribution in [3.8, 4) is 12.3 Å². The van der Waals surface area contributed by atoms with Gasteiger partial charge in [0.2, 0.25) is 0 Å². The van der Waals surface area contributed by atoms with E-state index in [2.05, 4.69) is 31.9 Å². The molecular weight excluding hydrogens is 250 g/mol. The Bertz CT molecular complexity index is 694. The second kappa shape index (κ2) is 4.99. The van der Waals surface area contributed by atoms with Crippen LogP contribution in [0, 0.1) is 12.3 Å². The van der Waals surface area contributed by atoms with E-state index in [1.165, 1.54) is 6.33 Å². The monoisotopic (exact) mass is 267 g/mol. The Morgan fingerprint density at radius 2 is 2.40 bits per heavy atom. The van der Waals surface area contributed by atoms with Gasteiger partial charge in [0.25, 0.3) is 0 Å². The van der Waals surface area contributed by atoms with Crippen LogP contribution in [0.15, 0.2) is 25.2 Å². The number of aromatic nitrogens is 3. The molecule has 0 spiro atoms. The molecule has 1 aliphatic rings. The van der Waals surface area contributed by atoms with Crippen LogP contribution < -0.4 is 5.73 Å². The van der Waals surface area contributed by atoms with Gasteiger partial charge in [0.1, 0.15) is 17.8 Å². The van der Waals surface area contributed by atoms with E-state index in [1.54, 1.807) is 0 Å². The normalized spacial score (nSPS) is 19.2. The van der Waals surface area contributed by atoms with Gasteiger partial charge in [-0.15, -0.1) is 13.0 Å². The summed E-state index contributed by atoms with van der Waals surface area (Å²) in [5.41, 5.74) is 7.53. The third kappa shape index (κ3) is 1.95. The maximum absolute atomic E-state index is 5.94. The fourth-order valence-corrected chi connectivity index (χ4v) is 2.88. The molecule has 5 nitrogen and oxygen atoms in total. The molecule has 0 aliphatic carbocycles.